The second-order valence-corrected chi connectivity index (χ2v) is 5.95. The summed E-state index contributed by atoms with van der Waals surface area (Å²) in [4.78, 5) is 11.6. The molecule has 0 saturated heterocycles. The number of hydrogen-bond acceptors (Lipinski definition) is 4. The molecule has 5 nitrogen and oxygen atoms in total. The molecule has 0 amide bonds. The quantitative estimate of drug-likeness (QED) is 0.843. The van der Waals surface area contributed by atoms with Crippen LogP contribution in [0.4, 0.5) is 4.39 Å². The summed E-state index contributed by atoms with van der Waals surface area (Å²) in [6, 6.07) is 9.20. The molecule has 1 heterocycles. The number of hydrogen-bond donors (Lipinski definition) is 2. The lowest BCUT2D eigenvalue weighted by atomic mass is 10.00. The average molecular weight is 345 g/mol. The summed E-state index contributed by atoms with van der Waals surface area (Å²) in [6.45, 7) is 1.69. The van der Waals surface area contributed by atoms with Crippen molar-refractivity contribution in [3.63, 3.8) is 0 Å². The highest BCUT2D eigenvalue weighted by atomic mass is 19.1. The zero-order valence-electron chi connectivity index (χ0n) is 13.9. The number of ether oxygens (including phenoxy) is 2. The van der Waals surface area contributed by atoms with Gasteiger partial charge < -0.3 is 14.6 Å². The molecule has 25 heavy (non-hydrogen) atoms. The molecular formula is C19H20FNO4. The predicted molar refractivity (Wildman–Crippen MR) is 90.0 cm³/mol. The molecule has 3 rings (SSSR count). The third kappa shape index (κ3) is 3.97. The molecule has 0 bridgehead atoms. The maximum atomic E-state index is 13.9. The fraction of sp³-hybridized carbons (Fsp3) is 0.316. The van der Waals surface area contributed by atoms with E-state index >= 15 is 0 Å². The minimum Gasteiger partial charge on any atom is -0.494 e. The minimum atomic E-state index is -1.06. The van der Waals surface area contributed by atoms with Crippen molar-refractivity contribution in [1.29, 1.82) is 0 Å². The van der Waals surface area contributed by atoms with Crippen LogP contribution in [-0.2, 0) is 29.1 Å². The molecule has 2 N–H and O–H groups in total. The zero-order chi connectivity index (χ0) is 17.8. The Labute approximate surface area is 145 Å². The van der Waals surface area contributed by atoms with Crippen molar-refractivity contribution < 1.29 is 23.8 Å². The summed E-state index contributed by atoms with van der Waals surface area (Å²) in [7, 11) is 1.37. The molecule has 1 unspecified atom stereocenters. The average Bonchev–Trinajstić information content (AvgIpc) is 2.61. The highest BCUT2D eigenvalue weighted by Crippen LogP contribution is 2.23. The van der Waals surface area contributed by atoms with Crippen molar-refractivity contribution in [2.45, 2.75) is 25.6 Å². The van der Waals surface area contributed by atoms with Crippen LogP contribution in [0.3, 0.4) is 0 Å². The van der Waals surface area contributed by atoms with E-state index in [-0.39, 0.29) is 5.75 Å². The summed E-state index contributed by atoms with van der Waals surface area (Å²) in [5, 5.41) is 12.5. The monoisotopic (exact) mass is 345 g/mol. The van der Waals surface area contributed by atoms with Crippen LogP contribution in [0.2, 0.25) is 0 Å². The Bertz CT molecular complexity index is 778. The Kier molecular flexibility index (Phi) is 5.31. The Morgan fingerprint density at radius 1 is 1.32 bits per heavy atom. The van der Waals surface area contributed by atoms with Gasteiger partial charge in [-0.05, 0) is 40.8 Å². The molecule has 2 aromatic rings. The largest absolute Gasteiger partial charge is 0.494 e. The Hall–Kier alpha value is -2.44. The molecule has 0 aromatic heterocycles. The van der Waals surface area contributed by atoms with Gasteiger partial charge >= 0.3 is 5.97 Å². The molecule has 1 aliphatic heterocycles. The molecule has 6 heteroatoms. The molecule has 0 radical (unpaired) electrons. The Morgan fingerprint density at radius 3 is 2.88 bits per heavy atom. The SMILES string of the molecule is COc1ccc(C(NCc2ccc3c(c2)CCOC3)C(=O)O)cc1F. The van der Waals surface area contributed by atoms with Gasteiger partial charge in [-0.25, -0.2) is 4.39 Å². The Balaban J connectivity index is 1.74. The minimum absolute atomic E-state index is 0.0878. The number of nitrogens with one attached hydrogen (secondary N) is 1. The highest BCUT2D eigenvalue weighted by molar-refractivity contribution is 5.75. The van der Waals surface area contributed by atoms with E-state index in [1.807, 2.05) is 12.1 Å². The van der Waals surface area contributed by atoms with Crippen molar-refractivity contribution in [3.05, 3.63) is 64.5 Å². The van der Waals surface area contributed by atoms with E-state index in [9.17, 15) is 14.3 Å². The van der Waals surface area contributed by atoms with Crippen LogP contribution in [-0.4, -0.2) is 24.8 Å². The smallest absolute Gasteiger partial charge is 0.325 e. The van der Waals surface area contributed by atoms with E-state index in [2.05, 4.69) is 11.4 Å². The van der Waals surface area contributed by atoms with Gasteiger partial charge in [0, 0.05) is 6.54 Å². The van der Waals surface area contributed by atoms with Crippen LogP contribution in [0.1, 0.15) is 28.3 Å². The van der Waals surface area contributed by atoms with Crippen LogP contribution in [0.25, 0.3) is 0 Å². The van der Waals surface area contributed by atoms with Crippen LogP contribution in [0.15, 0.2) is 36.4 Å². The van der Waals surface area contributed by atoms with Crippen LogP contribution < -0.4 is 10.1 Å². The maximum Gasteiger partial charge on any atom is 0.325 e. The number of carboxylic acids is 1. The van der Waals surface area contributed by atoms with Gasteiger partial charge in [0.25, 0.3) is 0 Å². The van der Waals surface area contributed by atoms with E-state index in [1.165, 1.54) is 30.4 Å². The molecule has 0 aliphatic carbocycles. The van der Waals surface area contributed by atoms with E-state index < -0.39 is 17.8 Å². The number of methoxy groups -OCH3 is 1. The van der Waals surface area contributed by atoms with Gasteiger partial charge in [0.1, 0.15) is 6.04 Å². The van der Waals surface area contributed by atoms with Crippen molar-refractivity contribution in [2.24, 2.45) is 0 Å². The first-order chi connectivity index (χ1) is 12.1. The third-order valence-electron chi connectivity index (χ3n) is 4.31. The highest BCUT2D eigenvalue weighted by Gasteiger charge is 2.21. The van der Waals surface area contributed by atoms with Gasteiger partial charge in [0.2, 0.25) is 0 Å². The van der Waals surface area contributed by atoms with Crippen LogP contribution in [0, 0.1) is 5.82 Å². The number of rotatable bonds is 6. The lowest BCUT2D eigenvalue weighted by Gasteiger charge is -2.19. The predicted octanol–water partition coefficient (Wildman–Crippen LogP) is 2.82. The van der Waals surface area contributed by atoms with Crippen molar-refractivity contribution in [2.75, 3.05) is 13.7 Å². The van der Waals surface area contributed by atoms with Gasteiger partial charge in [-0.2, -0.15) is 0 Å². The normalized spacial score (nSPS) is 14.6. The number of benzene rings is 2. The fourth-order valence-electron chi connectivity index (χ4n) is 2.96. The van der Waals surface area contributed by atoms with Crippen molar-refractivity contribution in [3.8, 4) is 5.75 Å². The number of carbonyl (C=O) groups is 1. The lowest BCUT2D eigenvalue weighted by Crippen LogP contribution is -2.28. The number of carboxylic acid groups (broad SMARTS) is 1. The third-order valence-corrected chi connectivity index (χ3v) is 4.31. The summed E-state index contributed by atoms with van der Waals surface area (Å²) < 4.78 is 24.2. The molecule has 0 saturated carbocycles. The first-order valence-electron chi connectivity index (χ1n) is 8.06. The summed E-state index contributed by atoms with van der Waals surface area (Å²) in [5.41, 5.74) is 3.73. The van der Waals surface area contributed by atoms with E-state index in [0.29, 0.717) is 25.3 Å². The van der Waals surface area contributed by atoms with Crippen molar-refractivity contribution >= 4 is 5.97 Å². The fourth-order valence-corrected chi connectivity index (χ4v) is 2.96. The maximum absolute atomic E-state index is 13.9. The second kappa shape index (κ2) is 7.63. The summed E-state index contributed by atoms with van der Waals surface area (Å²) in [6.07, 6.45) is 0.856. The number of fused-ring (bicyclic) bond motifs is 1. The van der Waals surface area contributed by atoms with E-state index in [4.69, 9.17) is 9.47 Å². The number of halogens is 1. The standard InChI is InChI=1S/C19H20FNO4/c1-24-17-5-4-14(9-16(17)20)18(19(22)23)21-10-12-2-3-15-11-25-7-6-13(15)8-12/h2-5,8-9,18,21H,6-7,10-11H2,1H3,(H,22,23). The zero-order valence-corrected chi connectivity index (χ0v) is 13.9. The molecule has 132 valence electrons. The van der Waals surface area contributed by atoms with Gasteiger partial charge in [0.05, 0.1) is 20.3 Å². The molecular weight excluding hydrogens is 325 g/mol. The van der Waals surface area contributed by atoms with Gasteiger partial charge in [-0.3, -0.25) is 10.1 Å². The lowest BCUT2D eigenvalue weighted by molar-refractivity contribution is -0.139. The molecule has 1 aliphatic rings. The van der Waals surface area contributed by atoms with E-state index in [1.54, 1.807) is 6.07 Å². The van der Waals surface area contributed by atoms with Crippen LogP contribution in [0.5, 0.6) is 5.75 Å². The Morgan fingerprint density at radius 2 is 2.16 bits per heavy atom. The molecule has 0 fully saturated rings. The van der Waals surface area contributed by atoms with Gasteiger partial charge in [-0.15, -0.1) is 0 Å². The first-order valence-corrected chi connectivity index (χ1v) is 8.06. The second-order valence-electron chi connectivity index (χ2n) is 5.95. The van der Waals surface area contributed by atoms with Crippen LogP contribution >= 0.6 is 0 Å². The summed E-state index contributed by atoms with van der Waals surface area (Å²) in [5.74, 6) is -1.55. The van der Waals surface area contributed by atoms with Gasteiger partial charge in [-0.1, -0.05) is 24.3 Å². The number of aliphatic carboxylic acids is 1. The first kappa shape index (κ1) is 17.4. The summed E-state index contributed by atoms with van der Waals surface area (Å²) >= 11 is 0. The topological polar surface area (TPSA) is 67.8 Å². The molecule has 0 spiro atoms. The molecule has 1 atom stereocenters. The van der Waals surface area contributed by atoms with Crippen molar-refractivity contribution in [1.82, 2.24) is 5.32 Å². The molecule has 2 aromatic carbocycles. The van der Waals surface area contributed by atoms with Gasteiger partial charge in [0.15, 0.2) is 11.6 Å². The van der Waals surface area contributed by atoms with E-state index in [0.717, 1.165) is 12.0 Å².